The van der Waals surface area contributed by atoms with Crippen LogP contribution in [0.2, 0.25) is 0 Å². The molecule has 0 radical (unpaired) electrons. The van der Waals surface area contributed by atoms with Gasteiger partial charge in [0.2, 0.25) is 0 Å². The minimum absolute atomic E-state index is 0.193. The molecule has 10 rings (SSSR count). The van der Waals surface area contributed by atoms with E-state index in [-0.39, 0.29) is 5.41 Å². The summed E-state index contributed by atoms with van der Waals surface area (Å²) in [6, 6.07) is 68.3. The van der Waals surface area contributed by atoms with Crippen molar-refractivity contribution >= 4 is 50.0 Å². The number of hydrogen-bond donors (Lipinski definition) is 0. The molecule has 0 aliphatic heterocycles. The molecule has 0 bridgehead atoms. The van der Waals surface area contributed by atoms with Crippen molar-refractivity contribution in [3.63, 3.8) is 0 Å². The summed E-state index contributed by atoms with van der Waals surface area (Å²) in [4.78, 5) is 2.34. The van der Waals surface area contributed by atoms with Gasteiger partial charge in [0.1, 0.15) is 0 Å². The molecule has 2 heteroatoms. The highest BCUT2D eigenvalue weighted by Gasteiger charge is 2.36. The number of rotatable bonds is 11. The van der Waals surface area contributed by atoms with Gasteiger partial charge in [-0.3, -0.25) is 0 Å². The molecule has 1 aliphatic carbocycles. The van der Waals surface area contributed by atoms with Crippen LogP contribution in [0.3, 0.4) is 0 Å². The van der Waals surface area contributed by atoms with Crippen molar-refractivity contribution in [3.8, 4) is 39.1 Å². The number of anilines is 3. The summed E-state index contributed by atoms with van der Waals surface area (Å²) in [6.07, 6.45) is 8.23. The summed E-state index contributed by atoms with van der Waals surface area (Å²) in [6.45, 7) is 19.1. The van der Waals surface area contributed by atoms with Gasteiger partial charge < -0.3 is 9.47 Å². The van der Waals surface area contributed by atoms with Crippen molar-refractivity contribution in [2.24, 2.45) is 0 Å². The van der Waals surface area contributed by atoms with Crippen molar-refractivity contribution in [2.45, 2.75) is 26.2 Å². The first-order chi connectivity index (χ1) is 31.3. The van der Waals surface area contributed by atoms with Gasteiger partial charge in [-0.1, -0.05) is 173 Å². The van der Waals surface area contributed by atoms with Gasteiger partial charge in [-0.25, -0.2) is 0 Å². The summed E-state index contributed by atoms with van der Waals surface area (Å²) in [5.74, 6) is 0. The molecule has 1 aromatic heterocycles. The number of aromatic nitrogens is 1. The highest BCUT2D eigenvalue weighted by atomic mass is 15.1. The third-order valence-corrected chi connectivity index (χ3v) is 13.0. The summed E-state index contributed by atoms with van der Waals surface area (Å²) < 4.78 is 2.42. The predicted molar refractivity (Wildman–Crippen MR) is 276 cm³/mol. The second-order valence-corrected chi connectivity index (χ2v) is 17.1. The minimum atomic E-state index is -0.193. The maximum atomic E-state index is 4.27. The van der Waals surface area contributed by atoms with E-state index in [1.807, 2.05) is 12.2 Å². The zero-order valence-corrected chi connectivity index (χ0v) is 36.7. The first-order valence-electron chi connectivity index (χ1n) is 22.0. The van der Waals surface area contributed by atoms with Crippen LogP contribution in [0, 0.1) is 0 Å². The third kappa shape index (κ3) is 6.94. The fraction of sp³-hybridized carbons (Fsp3) is 0.0645. The number of allylic oxidation sites excluding steroid dienone is 7. The average Bonchev–Trinajstić information content (AvgIpc) is 3.77. The first kappa shape index (κ1) is 40.2. The molecule has 0 unspecified atom stereocenters. The van der Waals surface area contributed by atoms with Crippen LogP contribution in [0.5, 0.6) is 0 Å². The summed E-state index contributed by atoms with van der Waals surface area (Å²) in [5, 5.41) is 2.43. The van der Waals surface area contributed by atoms with E-state index in [0.29, 0.717) is 0 Å². The fourth-order valence-electron chi connectivity index (χ4n) is 9.66. The van der Waals surface area contributed by atoms with Crippen molar-refractivity contribution in [2.75, 3.05) is 4.90 Å². The molecule has 0 N–H and O–H groups in total. The minimum Gasteiger partial charge on any atom is -0.311 e. The normalized spacial score (nSPS) is 13.1. The molecule has 9 aromatic rings. The van der Waals surface area contributed by atoms with Gasteiger partial charge in [0.15, 0.2) is 0 Å². The smallest absolute Gasteiger partial charge is 0.0544 e. The zero-order valence-electron chi connectivity index (χ0n) is 36.7. The topological polar surface area (TPSA) is 8.17 Å². The summed E-state index contributed by atoms with van der Waals surface area (Å²) in [5.41, 5.74) is 20.7. The number of benzene rings is 8. The number of fused-ring (bicyclic) bond motifs is 4. The van der Waals surface area contributed by atoms with Crippen molar-refractivity contribution < 1.29 is 0 Å². The zero-order chi connectivity index (χ0) is 44.0. The van der Waals surface area contributed by atoms with Gasteiger partial charge in [0, 0.05) is 38.9 Å². The Balaban J connectivity index is 1.08. The van der Waals surface area contributed by atoms with E-state index in [1.54, 1.807) is 0 Å². The Labute approximate surface area is 377 Å². The average molecular weight is 823 g/mol. The van der Waals surface area contributed by atoms with E-state index >= 15 is 0 Å². The molecule has 0 amide bonds. The van der Waals surface area contributed by atoms with Crippen LogP contribution in [0.25, 0.3) is 72.0 Å². The second kappa shape index (κ2) is 16.4. The van der Waals surface area contributed by atoms with Gasteiger partial charge >= 0.3 is 0 Å². The highest BCUT2D eigenvalue weighted by Crippen LogP contribution is 2.50. The Hall–Kier alpha value is -7.94. The SMILES string of the molecule is C=CC(=C)c1ccc(-n2c3ccc(-c4ccc(N(c5ccc(-c6ccccc6)cc5)c5ccc(-c6ccccc6)cc5)cc4)cc3c3cc4c(cc32)C(C)(C)C(C=C)=C4/C=C\C)cc1. The van der Waals surface area contributed by atoms with Gasteiger partial charge in [0.25, 0.3) is 0 Å². The summed E-state index contributed by atoms with van der Waals surface area (Å²) in [7, 11) is 0. The van der Waals surface area contributed by atoms with E-state index in [4.69, 9.17) is 0 Å². The molecule has 1 aliphatic rings. The molecule has 0 fully saturated rings. The van der Waals surface area contributed by atoms with Crippen molar-refractivity contribution in [1.29, 1.82) is 0 Å². The van der Waals surface area contributed by atoms with Gasteiger partial charge in [0.05, 0.1) is 11.0 Å². The van der Waals surface area contributed by atoms with Gasteiger partial charge in [-0.05, 0) is 147 Å². The van der Waals surface area contributed by atoms with Crippen LogP contribution in [-0.2, 0) is 5.41 Å². The lowest BCUT2D eigenvalue weighted by atomic mass is 9.81. The number of hydrogen-bond acceptors (Lipinski definition) is 1. The van der Waals surface area contributed by atoms with Crippen molar-refractivity contribution in [1.82, 2.24) is 4.57 Å². The molecule has 308 valence electrons. The largest absolute Gasteiger partial charge is 0.311 e. The Bertz CT molecular complexity index is 3200. The summed E-state index contributed by atoms with van der Waals surface area (Å²) >= 11 is 0. The monoisotopic (exact) mass is 822 g/mol. The maximum Gasteiger partial charge on any atom is 0.0544 e. The number of nitrogens with zero attached hydrogens (tertiary/aromatic N) is 2. The fourth-order valence-corrected chi connectivity index (χ4v) is 9.66. The van der Waals surface area contributed by atoms with E-state index in [9.17, 15) is 0 Å². The molecule has 0 saturated heterocycles. The molecule has 0 atom stereocenters. The van der Waals surface area contributed by atoms with E-state index in [0.717, 1.165) is 45.0 Å². The lowest BCUT2D eigenvalue weighted by Gasteiger charge is -2.26. The van der Waals surface area contributed by atoms with E-state index < -0.39 is 0 Å². The Morgan fingerprint density at radius 2 is 1.02 bits per heavy atom. The quantitative estimate of drug-likeness (QED) is 0.118. The van der Waals surface area contributed by atoms with Crippen LogP contribution in [0.4, 0.5) is 17.1 Å². The van der Waals surface area contributed by atoms with E-state index in [2.05, 4.69) is 250 Å². The molecule has 64 heavy (non-hydrogen) atoms. The first-order valence-corrected chi connectivity index (χ1v) is 22.0. The van der Waals surface area contributed by atoms with Gasteiger partial charge in [-0.2, -0.15) is 0 Å². The molecule has 2 nitrogen and oxygen atoms in total. The van der Waals surface area contributed by atoms with Crippen LogP contribution in [-0.4, -0.2) is 4.57 Å². The predicted octanol–water partition coefficient (Wildman–Crippen LogP) is 17.3. The molecular weight excluding hydrogens is 773 g/mol. The third-order valence-electron chi connectivity index (χ3n) is 13.0. The maximum absolute atomic E-state index is 4.27. The lowest BCUT2D eigenvalue weighted by molar-refractivity contribution is 0.655. The second-order valence-electron chi connectivity index (χ2n) is 17.1. The van der Waals surface area contributed by atoms with Crippen LogP contribution < -0.4 is 4.90 Å². The lowest BCUT2D eigenvalue weighted by Crippen LogP contribution is -2.16. The van der Waals surface area contributed by atoms with Crippen LogP contribution in [0.15, 0.2) is 238 Å². The molecular formula is C62H50N2. The molecule has 0 saturated carbocycles. The molecule has 8 aromatic carbocycles. The van der Waals surface area contributed by atoms with Crippen LogP contribution >= 0.6 is 0 Å². The molecule has 1 heterocycles. The molecule has 0 spiro atoms. The van der Waals surface area contributed by atoms with Gasteiger partial charge in [-0.15, -0.1) is 0 Å². The Morgan fingerprint density at radius 1 is 0.531 bits per heavy atom. The Kier molecular flexibility index (Phi) is 10.3. The standard InChI is InChI=1S/C62H50N2/c1-7-16-54-55-40-57-56-39-49(29-38-60(56)64(53-30-21-43(22-31-53)42(4)8-2)61(57)41-59(55)62(5,6)58(54)9-3)48-27-36-52(37-28-48)63(50-32-23-46(24-33-50)44-17-12-10-13-18-44)51-34-25-47(26-35-51)45-19-14-11-15-20-45/h7-41H,2-4H2,1,5-6H3/b16-7-. The van der Waals surface area contributed by atoms with Crippen LogP contribution in [0.1, 0.15) is 37.5 Å². The van der Waals surface area contributed by atoms with E-state index in [1.165, 1.54) is 66.4 Å². The Morgan fingerprint density at radius 3 is 1.52 bits per heavy atom. The highest BCUT2D eigenvalue weighted by molar-refractivity contribution is 6.12. The van der Waals surface area contributed by atoms with Crippen molar-refractivity contribution in [3.05, 3.63) is 254 Å².